The molecule has 0 aromatic heterocycles. The van der Waals surface area contributed by atoms with Gasteiger partial charge in [-0.05, 0) is 38.9 Å². The van der Waals surface area contributed by atoms with Gasteiger partial charge in [-0.3, -0.25) is 0 Å². The average Bonchev–Trinajstić information content (AvgIpc) is 2.09. The highest BCUT2D eigenvalue weighted by Crippen LogP contribution is 2.21. The molecule has 1 unspecified atom stereocenters. The van der Waals surface area contributed by atoms with Crippen molar-refractivity contribution in [3.63, 3.8) is 0 Å². The lowest BCUT2D eigenvalue weighted by Gasteiger charge is -2.31. The van der Waals surface area contributed by atoms with E-state index < -0.39 is 12.1 Å². The van der Waals surface area contributed by atoms with E-state index in [1.807, 2.05) is 0 Å². The van der Waals surface area contributed by atoms with Gasteiger partial charge < -0.3 is 14.7 Å². The van der Waals surface area contributed by atoms with E-state index in [0.717, 1.165) is 25.9 Å². The van der Waals surface area contributed by atoms with Crippen LogP contribution < -0.4 is 0 Å². The zero-order chi connectivity index (χ0) is 9.84. The van der Waals surface area contributed by atoms with Crippen LogP contribution in [0.15, 0.2) is 0 Å². The molecular weight excluding hydrogens is 170 g/mol. The van der Waals surface area contributed by atoms with Gasteiger partial charge in [-0.15, -0.1) is 0 Å². The maximum absolute atomic E-state index is 10.8. The van der Waals surface area contributed by atoms with Crippen LogP contribution in [0.5, 0.6) is 0 Å². The largest absolute Gasteiger partial charge is 0.479 e. The molecule has 0 aromatic rings. The summed E-state index contributed by atoms with van der Waals surface area (Å²) in [7, 11) is 3.52. The second-order valence-electron chi connectivity index (χ2n) is 3.64. The molecule has 1 fully saturated rings. The summed E-state index contributed by atoms with van der Waals surface area (Å²) in [6, 6.07) is 0. The van der Waals surface area contributed by atoms with Crippen LogP contribution >= 0.6 is 0 Å². The van der Waals surface area contributed by atoms with Crippen LogP contribution in [0.25, 0.3) is 0 Å². The highest BCUT2D eigenvalue weighted by Gasteiger charge is 2.30. The van der Waals surface area contributed by atoms with Gasteiger partial charge in [0.1, 0.15) is 0 Å². The minimum Gasteiger partial charge on any atom is -0.479 e. The molecular formula is C9H17NO3. The molecule has 1 N–H and O–H groups in total. The van der Waals surface area contributed by atoms with Crippen LogP contribution in [-0.2, 0) is 9.53 Å². The van der Waals surface area contributed by atoms with Gasteiger partial charge in [0.05, 0.1) is 0 Å². The second-order valence-corrected chi connectivity index (χ2v) is 3.64. The van der Waals surface area contributed by atoms with Crippen LogP contribution in [-0.4, -0.2) is 49.3 Å². The first kappa shape index (κ1) is 10.5. The molecule has 4 nitrogen and oxygen atoms in total. The van der Waals surface area contributed by atoms with Gasteiger partial charge in [0.25, 0.3) is 0 Å². The molecule has 0 amide bonds. The van der Waals surface area contributed by atoms with Crippen molar-refractivity contribution in [2.75, 3.05) is 27.2 Å². The van der Waals surface area contributed by atoms with Gasteiger partial charge in [0.15, 0.2) is 6.10 Å². The molecule has 1 saturated heterocycles. The van der Waals surface area contributed by atoms with Gasteiger partial charge in [0, 0.05) is 7.11 Å². The first-order valence-electron chi connectivity index (χ1n) is 4.59. The Balaban J connectivity index is 2.46. The Hall–Kier alpha value is -0.610. The number of piperidine rings is 1. The lowest BCUT2D eigenvalue weighted by atomic mass is 9.91. The summed E-state index contributed by atoms with van der Waals surface area (Å²) < 4.78 is 4.97. The van der Waals surface area contributed by atoms with Gasteiger partial charge in [-0.2, -0.15) is 0 Å². The predicted molar refractivity (Wildman–Crippen MR) is 48.7 cm³/mol. The SMILES string of the molecule is COC(C(=O)O)C1CCN(C)CC1. The molecule has 0 aliphatic carbocycles. The van der Waals surface area contributed by atoms with Crippen molar-refractivity contribution in [2.45, 2.75) is 18.9 Å². The third kappa shape index (κ3) is 2.67. The maximum atomic E-state index is 10.8. The van der Waals surface area contributed by atoms with E-state index in [9.17, 15) is 4.79 Å². The predicted octanol–water partition coefficient (Wildman–Crippen LogP) is 0.428. The van der Waals surface area contributed by atoms with Crippen LogP contribution in [0.4, 0.5) is 0 Å². The number of hydrogen-bond donors (Lipinski definition) is 1. The summed E-state index contributed by atoms with van der Waals surface area (Å²) in [6.45, 7) is 1.94. The van der Waals surface area contributed by atoms with E-state index in [2.05, 4.69) is 11.9 Å². The molecule has 76 valence electrons. The fourth-order valence-electron chi connectivity index (χ4n) is 1.83. The van der Waals surface area contributed by atoms with E-state index in [-0.39, 0.29) is 5.92 Å². The highest BCUT2D eigenvalue weighted by atomic mass is 16.5. The lowest BCUT2D eigenvalue weighted by Crippen LogP contribution is -2.39. The van der Waals surface area contributed by atoms with Crippen molar-refractivity contribution in [3.05, 3.63) is 0 Å². The summed E-state index contributed by atoms with van der Waals surface area (Å²) in [5.74, 6) is -0.657. The summed E-state index contributed by atoms with van der Waals surface area (Å²) in [5, 5.41) is 8.85. The van der Waals surface area contributed by atoms with E-state index in [4.69, 9.17) is 9.84 Å². The Morgan fingerprint density at radius 1 is 1.54 bits per heavy atom. The molecule has 0 saturated carbocycles. The fraction of sp³-hybridized carbons (Fsp3) is 0.889. The Kier molecular flexibility index (Phi) is 3.69. The summed E-state index contributed by atoms with van der Waals surface area (Å²) in [4.78, 5) is 13.0. The van der Waals surface area contributed by atoms with Crippen LogP contribution in [0.3, 0.4) is 0 Å². The van der Waals surface area contributed by atoms with Gasteiger partial charge in [-0.1, -0.05) is 0 Å². The van der Waals surface area contributed by atoms with Crippen LogP contribution in [0, 0.1) is 5.92 Å². The third-order valence-electron chi connectivity index (χ3n) is 2.69. The first-order chi connectivity index (χ1) is 6.15. The Morgan fingerprint density at radius 3 is 2.46 bits per heavy atom. The Labute approximate surface area is 78.5 Å². The summed E-state index contributed by atoms with van der Waals surface area (Å²) >= 11 is 0. The second kappa shape index (κ2) is 4.58. The van der Waals surface area contributed by atoms with Crippen LogP contribution in [0.2, 0.25) is 0 Å². The number of methoxy groups -OCH3 is 1. The van der Waals surface area contributed by atoms with Crippen molar-refractivity contribution in [1.82, 2.24) is 4.90 Å². The summed E-state index contributed by atoms with van der Waals surface area (Å²) in [5.41, 5.74) is 0. The number of carboxylic acids is 1. The maximum Gasteiger partial charge on any atom is 0.333 e. The number of aliphatic carboxylic acids is 1. The molecule has 1 aliphatic heterocycles. The van der Waals surface area contributed by atoms with Crippen molar-refractivity contribution >= 4 is 5.97 Å². The molecule has 1 heterocycles. The number of carboxylic acid groups (broad SMARTS) is 1. The smallest absolute Gasteiger partial charge is 0.333 e. The van der Waals surface area contributed by atoms with E-state index in [1.54, 1.807) is 0 Å². The van der Waals surface area contributed by atoms with Gasteiger partial charge in [0.2, 0.25) is 0 Å². The Morgan fingerprint density at radius 2 is 2.08 bits per heavy atom. The monoisotopic (exact) mass is 187 g/mol. The number of nitrogens with zero attached hydrogens (tertiary/aromatic N) is 1. The molecule has 13 heavy (non-hydrogen) atoms. The fourth-order valence-corrected chi connectivity index (χ4v) is 1.83. The minimum atomic E-state index is -0.836. The number of rotatable bonds is 3. The quantitative estimate of drug-likeness (QED) is 0.696. The molecule has 0 spiro atoms. The molecule has 4 heteroatoms. The molecule has 1 rings (SSSR count). The van der Waals surface area contributed by atoms with Crippen molar-refractivity contribution in [1.29, 1.82) is 0 Å². The zero-order valence-corrected chi connectivity index (χ0v) is 8.19. The number of ether oxygens (including phenoxy) is 1. The van der Waals surface area contributed by atoms with E-state index in [0.29, 0.717) is 0 Å². The average molecular weight is 187 g/mol. The molecule has 0 aromatic carbocycles. The lowest BCUT2D eigenvalue weighted by molar-refractivity contribution is -0.153. The van der Waals surface area contributed by atoms with Crippen molar-refractivity contribution < 1.29 is 14.6 Å². The highest BCUT2D eigenvalue weighted by molar-refractivity contribution is 5.72. The summed E-state index contributed by atoms with van der Waals surface area (Å²) in [6.07, 6.45) is 1.22. The molecule has 1 aliphatic rings. The Bertz CT molecular complexity index is 176. The molecule has 0 radical (unpaired) electrons. The number of hydrogen-bond acceptors (Lipinski definition) is 3. The topological polar surface area (TPSA) is 49.8 Å². The van der Waals surface area contributed by atoms with Crippen LogP contribution in [0.1, 0.15) is 12.8 Å². The number of carbonyl (C=O) groups is 1. The zero-order valence-electron chi connectivity index (χ0n) is 8.19. The van der Waals surface area contributed by atoms with E-state index >= 15 is 0 Å². The van der Waals surface area contributed by atoms with Gasteiger partial charge in [-0.25, -0.2) is 4.79 Å². The first-order valence-corrected chi connectivity index (χ1v) is 4.59. The third-order valence-corrected chi connectivity index (χ3v) is 2.69. The van der Waals surface area contributed by atoms with Crippen molar-refractivity contribution in [3.8, 4) is 0 Å². The molecule has 1 atom stereocenters. The van der Waals surface area contributed by atoms with Crippen molar-refractivity contribution in [2.24, 2.45) is 5.92 Å². The minimum absolute atomic E-state index is 0.179. The van der Waals surface area contributed by atoms with Gasteiger partial charge >= 0.3 is 5.97 Å². The normalized spacial score (nSPS) is 22.9. The number of likely N-dealkylation sites (tertiary alicyclic amines) is 1. The molecule has 0 bridgehead atoms. The standard InChI is InChI=1S/C9H17NO3/c1-10-5-3-7(4-6-10)8(13-2)9(11)12/h7-8H,3-6H2,1-2H3,(H,11,12). The van der Waals surface area contributed by atoms with E-state index in [1.165, 1.54) is 7.11 Å².